The van der Waals surface area contributed by atoms with Crippen molar-refractivity contribution in [2.24, 2.45) is 0 Å². The van der Waals surface area contributed by atoms with E-state index >= 15 is 0 Å². The first kappa shape index (κ1) is 16.3. The Morgan fingerprint density at radius 1 is 0.885 bits per heavy atom. The summed E-state index contributed by atoms with van der Waals surface area (Å²) in [7, 11) is 0. The van der Waals surface area contributed by atoms with Crippen LogP contribution in [-0.4, -0.2) is 17.0 Å². The Morgan fingerprint density at radius 2 is 1.54 bits per heavy atom. The molecule has 3 aromatic rings. The number of nitrogens with zero attached hydrogens (tertiary/aromatic N) is 1. The Hall–Kier alpha value is -3.18. The molecule has 0 spiro atoms. The number of amides is 1. The fourth-order valence-electron chi connectivity index (χ4n) is 2.98. The normalized spacial score (nSPS) is 15.8. The lowest BCUT2D eigenvalue weighted by molar-refractivity contribution is -0.129. The number of nitrogens with one attached hydrogen (secondary N) is 2. The highest BCUT2D eigenvalue weighted by atomic mass is 16.5. The first-order valence-corrected chi connectivity index (χ1v) is 8.54. The molecule has 2 heterocycles. The van der Waals surface area contributed by atoms with Crippen LogP contribution >= 0.6 is 0 Å². The molecule has 0 aliphatic carbocycles. The average molecular weight is 345 g/mol. The third-order valence-electron chi connectivity index (χ3n) is 4.38. The van der Waals surface area contributed by atoms with Crippen LogP contribution in [-0.2, 0) is 22.6 Å². The Morgan fingerprint density at radius 3 is 2.31 bits per heavy atom. The molecule has 1 aromatic heterocycles. The van der Waals surface area contributed by atoms with Crippen LogP contribution in [0.15, 0.2) is 73.1 Å². The predicted molar refractivity (Wildman–Crippen MR) is 101 cm³/mol. The number of aromatic nitrogens is 1. The minimum atomic E-state index is -0.459. The van der Waals surface area contributed by atoms with Crippen LogP contribution in [0.4, 0.5) is 17.1 Å². The molecule has 2 N–H and O–H groups in total. The highest BCUT2D eigenvalue weighted by Crippen LogP contribution is 2.22. The van der Waals surface area contributed by atoms with Crippen molar-refractivity contribution < 1.29 is 9.53 Å². The first-order chi connectivity index (χ1) is 12.8. The molecule has 1 unspecified atom stereocenters. The van der Waals surface area contributed by atoms with Crippen molar-refractivity contribution >= 4 is 23.0 Å². The summed E-state index contributed by atoms with van der Waals surface area (Å²) in [5.74, 6) is -0.116. The summed E-state index contributed by atoms with van der Waals surface area (Å²) >= 11 is 0. The van der Waals surface area contributed by atoms with Crippen molar-refractivity contribution in [3.8, 4) is 0 Å². The van der Waals surface area contributed by atoms with Gasteiger partial charge in [0.05, 0.1) is 6.61 Å². The molecule has 0 fully saturated rings. The summed E-state index contributed by atoms with van der Waals surface area (Å²) in [6.07, 6.45) is 3.61. The molecular weight excluding hydrogens is 326 g/mol. The van der Waals surface area contributed by atoms with E-state index in [4.69, 9.17) is 4.74 Å². The van der Waals surface area contributed by atoms with Crippen molar-refractivity contribution in [1.29, 1.82) is 0 Å². The van der Waals surface area contributed by atoms with E-state index in [1.807, 2.05) is 54.6 Å². The van der Waals surface area contributed by atoms with E-state index in [0.29, 0.717) is 13.0 Å². The lowest BCUT2D eigenvalue weighted by atomic mass is 9.99. The average Bonchev–Trinajstić information content (AvgIpc) is 2.70. The first-order valence-electron chi connectivity index (χ1n) is 8.54. The smallest absolute Gasteiger partial charge is 0.253 e. The minimum Gasteiger partial charge on any atom is -0.363 e. The molecule has 1 atom stereocenters. The summed E-state index contributed by atoms with van der Waals surface area (Å²) in [6.45, 7) is 0.475. The Labute approximate surface area is 152 Å². The second kappa shape index (κ2) is 7.37. The third-order valence-corrected chi connectivity index (χ3v) is 4.38. The van der Waals surface area contributed by atoms with E-state index in [1.165, 1.54) is 5.56 Å². The van der Waals surface area contributed by atoms with Gasteiger partial charge in [0.2, 0.25) is 0 Å². The number of benzene rings is 2. The molecule has 1 aliphatic rings. The van der Waals surface area contributed by atoms with Gasteiger partial charge in [-0.15, -0.1) is 0 Å². The lowest BCUT2D eigenvalue weighted by Crippen LogP contribution is -2.35. The van der Waals surface area contributed by atoms with Crippen LogP contribution in [0.1, 0.15) is 11.1 Å². The summed E-state index contributed by atoms with van der Waals surface area (Å²) < 4.78 is 5.71. The highest BCUT2D eigenvalue weighted by molar-refractivity contribution is 5.94. The molecule has 0 saturated heterocycles. The molecule has 4 rings (SSSR count). The second-order valence-electron chi connectivity index (χ2n) is 6.20. The van der Waals surface area contributed by atoms with Gasteiger partial charge in [-0.2, -0.15) is 0 Å². The van der Waals surface area contributed by atoms with E-state index in [1.54, 1.807) is 12.4 Å². The Balaban J connectivity index is 1.37. The van der Waals surface area contributed by atoms with Crippen LogP contribution in [0, 0.1) is 0 Å². The molecule has 1 amide bonds. The van der Waals surface area contributed by atoms with Gasteiger partial charge in [-0.3, -0.25) is 9.78 Å². The number of hydrogen-bond donors (Lipinski definition) is 2. The van der Waals surface area contributed by atoms with Gasteiger partial charge in [0.25, 0.3) is 5.91 Å². The van der Waals surface area contributed by atoms with Crippen LogP contribution in [0.3, 0.4) is 0 Å². The van der Waals surface area contributed by atoms with Gasteiger partial charge in [-0.25, -0.2) is 0 Å². The maximum Gasteiger partial charge on any atom is 0.253 e. The van der Waals surface area contributed by atoms with Crippen molar-refractivity contribution in [1.82, 2.24) is 4.98 Å². The number of hydrogen-bond acceptors (Lipinski definition) is 4. The fraction of sp³-hybridized carbons (Fsp3) is 0.143. The number of rotatable bonds is 4. The van der Waals surface area contributed by atoms with E-state index in [0.717, 1.165) is 22.6 Å². The SMILES string of the molecule is O=C(Nc1ccc(Nc2ccncc2)cc1)C1Cc2ccccc2CO1. The molecule has 2 aromatic carbocycles. The second-order valence-corrected chi connectivity index (χ2v) is 6.20. The maximum atomic E-state index is 12.5. The third kappa shape index (κ3) is 3.73. The summed E-state index contributed by atoms with van der Waals surface area (Å²) in [5, 5.41) is 6.21. The van der Waals surface area contributed by atoms with Gasteiger partial charge < -0.3 is 15.4 Å². The number of carbonyl (C=O) groups is 1. The van der Waals surface area contributed by atoms with E-state index in [9.17, 15) is 4.79 Å². The Bertz CT molecular complexity index is 895. The van der Waals surface area contributed by atoms with Gasteiger partial charge in [-0.1, -0.05) is 24.3 Å². The molecule has 1 aliphatic heterocycles. The van der Waals surface area contributed by atoms with Crippen molar-refractivity contribution in [3.05, 3.63) is 84.2 Å². The number of fused-ring (bicyclic) bond motifs is 1. The number of ether oxygens (including phenoxy) is 1. The molecule has 130 valence electrons. The zero-order chi connectivity index (χ0) is 17.8. The quantitative estimate of drug-likeness (QED) is 0.753. The van der Waals surface area contributed by atoms with Gasteiger partial charge in [0.1, 0.15) is 6.10 Å². The highest BCUT2D eigenvalue weighted by Gasteiger charge is 2.25. The number of anilines is 3. The summed E-state index contributed by atoms with van der Waals surface area (Å²) in [4.78, 5) is 16.5. The summed E-state index contributed by atoms with van der Waals surface area (Å²) in [5.41, 5.74) is 4.99. The number of pyridine rings is 1. The standard InChI is InChI=1S/C21H19N3O2/c25-21(20-13-15-3-1-2-4-16(15)14-26-20)24-18-7-5-17(6-8-18)23-19-9-11-22-12-10-19/h1-12,20H,13-14H2,(H,22,23)(H,24,25). The van der Waals surface area contributed by atoms with Crippen molar-refractivity contribution in [3.63, 3.8) is 0 Å². The zero-order valence-corrected chi connectivity index (χ0v) is 14.2. The Kier molecular flexibility index (Phi) is 4.62. The van der Waals surface area contributed by atoms with Crippen LogP contribution < -0.4 is 10.6 Å². The van der Waals surface area contributed by atoms with Gasteiger partial charge in [-0.05, 0) is 47.5 Å². The van der Waals surface area contributed by atoms with Crippen LogP contribution in [0.25, 0.3) is 0 Å². The molecule has 0 bridgehead atoms. The van der Waals surface area contributed by atoms with Gasteiger partial charge in [0.15, 0.2) is 0 Å². The van der Waals surface area contributed by atoms with E-state index < -0.39 is 6.10 Å². The molecular formula is C21H19N3O2. The molecule has 0 radical (unpaired) electrons. The lowest BCUT2D eigenvalue weighted by Gasteiger charge is -2.24. The van der Waals surface area contributed by atoms with Crippen LogP contribution in [0.2, 0.25) is 0 Å². The molecule has 0 saturated carbocycles. The predicted octanol–water partition coefficient (Wildman–Crippen LogP) is 3.91. The fourth-order valence-corrected chi connectivity index (χ4v) is 2.98. The largest absolute Gasteiger partial charge is 0.363 e. The van der Waals surface area contributed by atoms with E-state index in [-0.39, 0.29) is 5.91 Å². The van der Waals surface area contributed by atoms with Crippen LogP contribution in [0.5, 0.6) is 0 Å². The maximum absolute atomic E-state index is 12.5. The van der Waals surface area contributed by atoms with Crippen molar-refractivity contribution in [2.75, 3.05) is 10.6 Å². The molecule has 5 heteroatoms. The number of carbonyl (C=O) groups excluding carboxylic acids is 1. The zero-order valence-electron chi connectivity index (χ0n) is 14.2. The van der Waals surface area contributed by atoms with Crippen molar-refractivity contribution in [2.45, 2.75) is 19.1 Å². The topological polar surface area (TPSA) is 63.2 Å². The summed E-state index contributed by atoms with van der Waals surface area (Å²) in [6, 6.07) is 19.5. The van der Waals surface area contributed by atoms with Gasteiger partial charge >= 0.3 is 0 Å². The van der Waals surface area contributed by atoms with Gasteiger partial charge in [0, 0.05) is 35.9 Å². The molecule has 26 heavy (non-hydrogen) atoms. The monoisotopic (exact) mass is 345 g/mol. The minimum absolute atomic E-state index is 0.116. The van der Waals surface area contributed by atoms with E-state index in [2.05, 4.69) is 21.7 Å². The molecule has 5 nitrogen and oxygen atoms in total.